The molecule has 118 valence electrons. The van der Waals surface area contributed by atoms with E-state index in [4.69, 9.17) is 16.3 Å². The molecule has 1 aromatic carbocycles. The Morgan fingerprint density at radius 3 is 2.76 bits per heavy atom. The molecule has 0 aromatic heterocycles. The zero-order valence-electron chi connectivity index (χ0n) is 12.8. The van der Waals surface area contributed by atoms with Crippen molar-refractivity contribution in [2.24, 2.45) is 0 Å². The van der Waals surface area contributed by atoms with E-state index >= 15 is 0 Å². The van der Waals surface area contributed by atoms with Crippen molar-refractivity contribution in [2.45, 2.75) is 25.5 Å². The molecule has 0 amide bonds. The van der Waals surface area contributed by atoms with Crippen molar-refractivity contribution < 1.29 is 9.84 Å². The van der Waals surface area contributed by atoms with Gasteiger partial charge in [0.1, 0.15) is 0 Å². The number of ether oxygens (including phenoxy) is 1. The van der Waals surface area contributed by atoms with Gasteiger partial charge >= 0.3 is 0 Å². The van der Waals surface area contributed by atoms with Gasteiger partial charge in [0.05, 0.1) is 19.3 Å². The molecule has 0 aliphatic carbocycles. The molecule has 0 radical (unpaired) electrons. The van der Waals surface area contributed by atoms with Crippen molar-refractivity contribution in [2.75, 3.05) is 39.4 Å². The van der Waals surface area contributed by atoms with Gasteiger partial charge in [0.15, 0.2) is 0 Å². The molecule has 1 atom stereocenters. The Hall–Kier alpha value is -0.650. The molecule has 0 bridgehead atoms. The highest BCUT2D eigenvalue weighted by molar-refractivity contribution is 6.30. The second kappa shape index (κ2) is 7.56. The van der Waals surface area contributed by atoms with Gasteiger partial charge in [-0.15, -0.1) is 0 Å². The van der Waals surface area contributed by atoms with Gasteiger partial charge < -0.3 is 15.2 Å². The maximum Gasteiger partial charge on any atom is 0.0791 e. The summed E-state index contributed by atoms with van der Waals surface area (Å²) in [5.74, 6) is 0. The molecule has 0 saturated carbocycles. The quantitative estimate of drug-likeness (QED) is 0.841. The molecule has 1 aromatic rings. The number of nitrogens with one attached hydrogen (secondary N) is 1. The van der Waals surface area contributed by atoms with Crippen LogP contribution in [-0.4, -0.2) is 55.5 Å². The first-order valence-electron chi connectivity index (χ1n) is 7.46. The molecule has 1 aliphatic rings. The summed E-state index contributed by atoms with van der Waals surface area (Å²) in [7, 11) is 0. The number of nitrogens with zero attached hydrogens (tertiary/aromatic N) is 1. The van der Waals surface area contributed by atoms with Crippen LogP contribution >= 0.6 is 11.6 Å². The van der Waals surface area contributed by atoms with Crippen molar-refractivity contribution >= 4 is 11.6 Å². The molecule has 2 N–H and O–H groups in total. The summed E-state index contributed by atoms with van der Waals surface area (Å²) in [5.41, 5.74) is 0.894. The highest BCUT2D eigenvalue weighted by Gasteiger charge is 2.22. The molecular weight excluding hydrogens is 288 g/mol. The highest BCUT2D eigenvalue weighted by atomic mass is 35.5. The van der Waals surface area contributed by atoms with Gasteiger partial charge in [-0.05, 0) is 31.5 Å². The van der Waals surface area contributed by atoms with E-state index in [1.807, 2.05) is 24.3 Å². The lowest BCUT2D eigenvalue weighted by molar-refractivity contribution is 0.0137. The number of hydrogen-bond donors (Lipinski definition) is 2. The predicted octanol–water partition coefficient (Wildman–Crippen LogP) is 1.86. The molecule has 5 heteroatoms. The fourth-order valence-corrected chi connectivity index (χ4v) is 2.69. The third-order valence-electron chi connectivity index (χ3n) is 3.90. The summed E-state index contributed by atoms with van der Waals surface area (Å²) in [6.07, 6.45) is -0.387. The summed E-state index contributed by atoms with van der Waals surface area (Å²) < 4.78 is 5.31. The number of hydrogen-bond acceptors (Lipinski definition) is 4. The summed E-state index contributed by atoms with van der Waals surface area (Å²) >= 11 is 6.05. The molecule has 1 heterocycles. The Morgan fingerprint density at radius 2 is 2.10 bits per heavy atom. The average Bonchev–Trinajstić information content (AvgIpc) is 2.46. The Labute approximate surface area is 132 Å². The van der Waals surface area contributed by atoms with Gasteiger partial charge in [-0.3, -0.25) is 4.90 Å². The summed E-state index contributed by atoms with van der Waals surface area (Å²) in [5, 5.41) is 14.4. The first kappa shape index (κ1) is 16.7. The SMILES string of the molecule is CC(C)(NCC(O)CN1CCOCC1)c1cccc(Cl)c1. The first-order chi connectivity index (χ1) is 9.97. The highest BCUT2D eigenvalue weighted by Crippen LogP contribution is 2.22. The van der Waals surface area contributed by atoms with Gasteiger partial charge in [-0.1, -0.05) is 23.7 Å². The zero-order chi connectivity index (χ0) is 15.3. The molecule has 1 aliphatic heterocycles. The molecule has 4 nitrogen and oxygen atoms in total. The Balaban J connectivity index is 1.83. The number of morpholine rings is 1. The number of rotatable bonds is 6. The fraction of sp³-hybridized carbons (Fsp3) is 0.625. The van der Waals surface area contributed by atoms with Crippen molar-refractivity contribution in [3.05, 3.63) is 34.9 Å². The monoisotopic (exact) mass is 312 g/mol. The third-order valence-corrected chi connectivity index (χ3v) is 4.13. The second-order valence-electron chi connectivity index (χ2n) is 6.08. The fourth-order valence-electron chi connectivity index (χ4n) is 2.50. The van der Waals surface area contributed by atoms with Crippen LogP contribution in [0, 0.1) is 0 Å². The average molecular weight is 313 g/mol. The lowest BCUT2D eigenvalue weighted by atomic mass is 9.94. The second-order valence-corrected chi connectivity index (χ2v) is 6.52. The third kappa shape index (κ3) is 5.24. The van der Waals surface area contributed by atoms with Gasteiger partial charge in [0, 0.05) is 36.7 Å². The minimum Gasteiger partial charge on any atom is -0.390 e. The smallest absolute Gasteiger partial charge is 0.0791 e. The molecule has 1 unspecified atom stereocenters. The van der Waals surface area contributed by atoms with E-state index < -0.39 is 0 Å². The van der Waals surface area contributed by atoms with Crippen molar-refractivity contribution in [3.8, 4) is 0 Å². The number of aliphatic hydroxyl groups excluding tert-OH is 1. The molecular formula is C16H25ClN2O2. The molecule has 1 saturated heterocycles. The van der Waals surface area contributed by atoms with E-state index in [0.29, 0.717) is 13.1 Å². The van der Waals surface area contributed by atoms with Crippen LogP contribution in [-0.2, 0) is 10.3 Å². The van der Waals surface area contributed by atoms with Gasteiger partial charge in [0.25, 0.3) is 0 Å². The lowest BCUT2D eigenvalue weighted by Gasteiger charge is -2.31. The van der Waals surface area contributed by atoms with Crippen LogP contribution in [0.25, 0.3) is 0 Å². The van der Waals surface area contributed by atoms with E-state index in [1.54, 1.807) is 0 Å². The van der Waals surface area contributed by atoms with E-state index in [-0.39, 0.29) is 11.6 Å². The number of β-amino-alcohol motifs (C(OH)–C–C–N with tert-alkyl or cyclic N) is 1. The number of aliphatic hydroxyl groups is 1. The Bertz CT molecular complexity index is 448. The van der Waals surface area contributed by atoms with E-state index in [2.05, 4.69) is 24.1 Å². The van der Waals surface area contributed by atoms with E-state index in [9.17, 15) is 5.11 Å². The van der Waals surface area contributed by atoms with E-state index in [0.717, 1.165) is 36.9 Å². The number of benzene rings is 1. The van der Waals surface area contributed by atoms with Crippen LogP contribution < -0.4 is 5.32 Å². The summed E-state index contributed by atoms with van der Waals surface area (Å²) in [6, 6.07) is 7.83. The minimum atomic E-state index is -0.387. The van der Waals surface area contributed by atoms with Crippen LogP contribution in [0.5, 0.6) is 0 Å². The molecule has 2 rings (SSSR count). The standard InChI is InChI=1S/C16H25ClN2O2/c1-16(2,13-4-3-5-14(17)10-13)18-11-15(20)12-19-6-8-21-9-7-19/h3-5,10,15,18,20H,6-9,11-12H2,1-2H3. The predicted molar refractivity (Wildman–Crippen MR) is 85.7 cm³/mol. The maximum absolute atomic E-state index is 10.2. The van der Waals surface area contributed by atoms with Crippen LogP contribution in [0.15, 0.2) is 24.3 Å². The van der Waals surface area contributed by atoms with E-state index in [1.165, 1.54) is 0 Å². The summed E-state index contributed by atoms with van der Waals surface area (Å²) in [4.78, 5) is 2.24. The summed E-state index contributed by atoms with van der Waals surface area (Å²) in [6.45, 7) is 8.74. The molecule has 21 heavy (non-hydrogen) atoms. The Kier molecular flexibility index (Phi) is 6.02. The maximum atomic E-state index is 10.2. The van der Waals surface area contributed by atoms with Crippen molar-refractivity contribution in [1.29, 1.82) is 0 Å². The first-order valence-corrected chi connectivity index (χ1v) is 7.84. The van der Waals surface area contributed by atoms with Crippen molar-refractivity contribution in [3.63, 3.8) is 0 Å². The normalized spacial score (nSPS) is 18.7. The molecule has 1 fully saturated rings. The van der Waals surface area contributed by atoms with Crippen molar-refractivity contribution in [1.82, 2.24) is 10.2 Å². The Morgan fingerprint density at radius 1 is 1.38 bits per heavy atom. The zero-order valence-corrected chi connectivity index (χ0v) is 13.6. The van der Waals surface area contributed by atoms with Gasteiger partial charge in [0.2, 0.25) is 0 Å². The van der Waals surface area contributed by atoms with Crippen LogP contribution in [0.4, 0.5) is 0 Å². The van der Waals surface area contributed by atoms with Crippen LogP contribution in [0.3, 0.4) is 0 Å². The minimum absolute atomic E-state index is 0.225. The lowest BCUT2D eigenvalue weighted by Crippen LogP contribution is -2.47. The molecule has 0 spiro atoms. The largest absolute Gasteiger partial charge is 0.390 e. The van der Waals surface area contributed by atoms with Crippen LogP contribution in [0.1, 0.15) is 19.4 Å². The van der Waals surface area contributed by atoms with Gasteiger partial charge in [-0.25, -0.2) is 0 Å². The van der Waals surface area contributed by atoms with Crippen LogP contribution in [0.2, 0.25) is 5.02 Å². The topological polar surface area (TPSA) is 44.7 Å². The van der Waals surface area contributed by atoms with Gasteiger partial charge in [-0.2, -0.15) is 0 Å². The number of halogens is 1.